The first-order chi connectivity index (χ1) is 12.6. The van der Waals surface area contributed by atoms with Gasteiger partial charge in [-0.3, -0.25) is 4.79 Å². The van der Waals surface area contributed by atoms with E-state index in [1.807, 2.05) is 36.6 Å². The second-order valence-electron chi connectivity index (χ2n) is 6.75. The van der Waals surface area contributed by atoms with Crippen molar-refractivity contribution in [1.82, 2.24) is 4.98 Å². The molecule has 26 heavy (non-hydrogen) atoms. The van der Waals surface area contributed by atoms with E-state index in [2.05, 4.69) is 34.3 Å². The Bertz CT molecular complexity index is 900. The van der Waals surface area contributed by atoms with Crippen LogP contribution in [0, 0.1) is 12.8 Å². The standard InChI is InChI=1S/C20H21N3OS2/c1-13-9-10-23(12-13)16-7-5-15(6-8-16)22-19(24)18-14(2)21-20(26-18)17-4-3-11-25-17/h3-8,11,13H,9-10,12H2,1-2H3,(H,22,24). The molecule has 1 aliphatic heterocycles. The number of carbonyl (C=O) groups excluding carboxylic acids is 1. The Morgan fingerprint density at radius 3 is 2.73 bits per heavy atom. The molecule has 0 bridgehead atoms. The molecule has 3 aromatic rings. The highest BCUT2D eigenvalue weighted by molar-refractivity contribution is 7.22. The lowest BCUT2D eigenvalue weighted by atomic mass is 10.2. The summed E-state index contributed by atoms with van der Waals surface area (Å²) in [5.74, 6) is 0.659. The molecule has 1 atom stereocenters. The molecular weight excluding hydrogens is 362 g/mol. The lowest BCUT2D eigenvalue weighted by Gasteiger charge is -2.18. The highest BCUT2D eigenvalue weighted by atomic mass is 32.1. The maximum absolute atomic E-state index is 12.7. The van der Waals surface area contributed by atoms with E-state index in [1.54, 1.807) is 11.3 Å². The van der Waals surface area contributed by atoms with Gasteiger partial charge in [0, 0.05) is 24.5 Å². The fourth-order valence-corrected chi connectivity index (χ4v) is 4.98. The smallest absolute Gasteiger partial charge is 0.267 e. The highest BCUT2D eigenvalue weighted by Crippen LogP contribution is 2.31. The summed E-state index contributed by atoms with van der Waals surface area (Å²) >= 11 is 3.09. The van der Waals surface area contributed by atoms with E-state index in [0.717, 1.165) is 40.3 Å². The van der Waals surface area contributed by atoms with Crippen LogP contribution in [0.15, 0.2) is 41.8 Å². The monoisotopic (exact) mass is 383 g/mol. The number of nitrogens with one attached hydrogen (secondary N) is 1. The van der Waals surface area contributed by atoms with E-state index in [-0.39, 0.29) is 5.91 Å². The predicted octanol–water partition coefficient (Wildman–Crippen LogP) is 5.28. The average Bonchev–Trinajstić information content (AvgIpc) is 3.36. The summed E-state index contributed by atoms with van der Waals surface area (Å²) in [6, 6.07) is 12.2. The summed E-state index contributed by atoms with van der Waals surface area (Å²) in [7, 11) is 0. The third-order valence-electron chi connectivity index (χ3n) is 4.65. The van der Waals surface area contributed by atoms with E-state index in [4.69, 9.17) is 0 Å². The number of thiophene rings is 1. The van der Waals surface area contributed by atoms with E-state index in [9.17, 15) is 4.79 Å². The van der Waals surface area contributed by atoms with Crippen LogP contribution in [0.3, 0.4) is 0 Å². The molecule has 0 spiro atoms. The van der Waals surface area contributed by atoms with Gasteiger partial charge in [0.25, 0.3) is 5.91 Å². The zero-order valence-corrected chi connectivity index (χ0v) is 16.5. The Morgan fingerprint density at radius 1 is 1.27 bits per heavy atom. The van der Waals surface area contributed by atoms with Crippen LogP contribution in [0.5, 0.6) is 0 Å². The number of nitrogens with zero attached hydrogens (tertiary/aromatic N) is 2. The van der Waals surface area contributed by atoms with Gasteiger partial charge in [0.05, 0.1) is 10.6 Å². The number of rotatable bonds is 4. The molecule has 6 heteroatoms. The number of aryl methyl sites for hydroxylation is 1. The number of thiazole rings is 1. The zero-order chi connectivity index (χ0) is 18.1. The Kier molecular flexibility index (Phi) is 4.78. The number of amides is 1. The topological polar surface area (TPSA) is 45.2 Å². The average molecular weight is 384 g/mol. The fraction of sp³-hybridized carbons (Fsp3) is 0.300. The van der Waals surface area contributed by atoms with Crippen LogP contribution in [0.4, 0.5) is 11.4 Å². The minimum Gasteiger partial charge on any atom is -0.371 e. The molecule has 0 saturated carbocycles. The van der Waals surface area contributed by atoms with Gasteiger partial charge in [-0.15, -0.1) is 22.7 Å². The van der Waals surface area contributed by atoms with Crippen molar-refractivity contribution in [1.29, 1.82) is 0 Å². The van der Waals surface area contributed by atoms with Crippen LogP contribution in [0.2, 0.25) is 0 Å². The summed E-state index contributed by atoms with van der Waals surface area (Å²) in [5.41, 5.74) is 2.82. The third kappa shape index (κ3) is 3.52. The van der Waals surface area contributed by atoms with E-state index < -0.39 is 0 Å². The van der Waals surface area contributed by atoms with Crippen LogP contribution in [0.25, 0.3) is 9.88 Å². The van der Waals surface area contributed by atoms with E-state index in [0.29, 0.717) is 4.88 Å². The summed E-state index contributed by atoms with van der Waals surface area (Å²) in [6.07, 6.45) is 1.25. The normalized spacial score (nSPS) is 16.8. The SMILES string of the molecule is Cc1nc(-c2cccs2)sc1C(=O)Nc1ccc(N2CCC(C)C2)cc1. The predicted molar refractivity (Wildman–Crippen MR) is 111 cm³/mol. The largest absolute Gasteiger partial charge is 0.371 e. The molecule has 2 aromatic heterocycles. The first-order valence-electron chi connectivity index (χ1n) is 8.78. The summed E-state index contributed by atoms with van der Waals surface area (Å²) in [6.45, 7) is 6.40. The van der Waals surface area contributed by atoms with Crippen molar-refractivity contribution >= 4 is 40.0 Å². The van der Waals surface area contributed by atoms with Crippen LogP contribution < -0.4 is 10.2 Å². The molecule has 0 radical (unpaired) electrons. The summed E-state index contributed by atoms with van der Waals surface area (Å²) in [5, 5.41) is 5.93. The fourth-order valence-electron chi connectivity index (χ4n) is 3.23. The maximum Gasteiger partial charge on any atom is 0.267 e. The van der Waals surface area contributed by atoms with Gasteiger partial charge in [0.15, 0.2) is 0 Å². The maximum atomic E-state index is 12.7. The minimum atomic E-state index is -0.0923. The molecule has 1 amide bonds. The van der Waals surface area contributed by atoms with Crippen LogP contribution in [-0.2, 0) is 0 Å². The number of hydrogen-bond acceptors (Lipinski definition) is 5. The van der Waals surface area contributed by atoms with Crippen molar-refractivity contribution in [3.63, 3.8) is 0 Å². The van der Waals surface area contributed by atoms with Gasteiger partial charge in [-0.2, -0.15) is 0 Å². The van der Waals surface area contributed by atoms with Gasteiger partial charge >= 0.3 is 0 Å². The van der Waals surface area contributed by atoms with Gasteiger partial charge < -0.3 is 10.2 Å². The molecule has 1 N–H and O–H groups in total. The number of anilines is 2. The Morgan fingerprint density at radius 2 is 2.08 bits per heavy atom. The Balaban J connectivity index is 1.46. The van der Waals surface area contributed by atoms with Gasteiger partial charge in [0.1, 0.15) is 9.88 Å². The van der Waals surface area contributed by atoms with Crippen molar-refractivity contribution in [2.75, 3.05) is 23.3 Å². The van der Waals surface area contributed by atoms with Crippen molar-refractivity contribution in [2.45, 2.75) is 20.3 Å². The van der Waals surface area contributed by atoms with Gasteiger partial charge in [0.2, 0.25) is 0 Å². The highest BCUT2D eigenvalue weighted by Gasteiger charge is 2.19. The number of hydrogen-bond donors (Lipinski definition) is 1. The third-order valence-corrected chi connectivity index (χ3v) is 6.84. The van der Waals surface area contributed by atoms with Crippen LogP contribution in [0.1, 0.15) is 28.7 Å². The van der Waals surface area contributed by atoms with Gasteiger partial charge in [-0.05, 0) is 55.0 Å². The molecule has 1 saturated heterocycles. The lowest BCUT2D eigenvalue weighted by molar-refractivity contribution is 0.103. The zero-order valence-electron chi connectivity index (χ0n) is 14.9. The van der Waals surface area contributed by atoms with Gasteiger partial charge in [-0.25, -0.2) is 4.98 Å². The Labute approximate surface area is 161 Å². The second kappa shape index (κ2) is 7.21. The number of benzene rings is 1. The number of carbonyl (C=O) groups is 1. The first-order valence-corrected chi connectivity index (χ1v) is 10.5. The molecule has 1 aromatic carbocycles. The summed E-state index contributed by atoms with van der Waals surface area (Å²) in [4.78, 5) is 21.4. The molecule has 4 nitrogen and oxygen atoms in total. The molecule has 1 aliphatic rings. The van der Waals surface area contributed by atoms with Crippen molar-refractivity contribution in [2.24, 2.45) is 5.92 Å². The van der Waals surface area contributed by atoms with Crippen molar-refractivity contribution in [3.05, 3.63) is 52.3 Å². The van der Waals surface area contributed by atoms with E-state index in [1.165, 1.54) is 23.4 Å². The van der Waals surface area contributed by atoms with Crippen LogP contribution >= 0.6 is 22.7 Å². The molecule has 1 fully saturated rings. The molecule has 4 rings (SSSR count). The molecule has 1 unspecified atom stereocenters. The molecule has 134 valence electrons. The minimum absolute atomic E-state index is 0.0923. The summed E-state index contributed by atoms with van der Waals surface area (Å²) < 4.78 is 0. The number of aromatic nitrogens is 1. The van der Waals surface area contributed by atoms with Crippen molar-refractivity contribution in [3.8, 4) is 9.88 Å². The quantitative estimate of drug-likeness (QED) is 0.667. The molecule has 3 heterocycles. The van der Waals surface area contributed by atoms with E-state index >= 15 is 0 Å². The molecule has 0 aliphatic carbocycles. The lowest BCUT2D eigenvalue weighted by Crippen LogP contribution is -2.19. The second-order valence-corrected chi connectivity index (χ2v) is 8.70. The van der Waals surface area contributed by atoms with Crippen LogP contribution in [-0.4, -0.2) is 24.0 Å². The first kappa shape index (κ1) is 17.2. The van der Waals surface area contributed by atoms with Crippen molar-refractivity contribution < 1.29 is 4.79 Å². The van der Waals surface area contributed by atoms with Gasteiger partial charge in [-0.1, -0.05) is 13.0 Å². The Hall–Kier alpha value is -2.18. The molecular formula is C20H21N3OS2.